The van der Waals surface area contributed by atoms with Crippen LogP contribution in [0.25, 0.3) is 22.1 Å². The fourth-order valence-corrected chi connectivity index (χ4v) is 3.98. The van der Waals surface area contributed by atoms with Crippen molar-refractivity contribution in [2.45, 2.75) is 20.4 Å². The van der Waals surface area contributed by atoms with E-state index >= 15 is 0 Å². The molecule has 166 valence electrons. The summed E-state index contributed by atoms with van der Waals surface area (Å²) >= 11 is 6.32. The molecule has 11 heteroatoms. The monoisotopic (exact) mass is 464 g/mol. The number of imidazole rings is 1. The highest BCUT2D eigenvalue weighted by atomic mass is 35.5. The number of aryl methyl sites for hydroxylation is 2. The zero-order chi connectivity index (χ0) is 23.1. The third-order valence-electron chi connectivity index (χ3n) is 5.27. The van der Waals surface area contributed by atoms with Crippen LogP contribution in [0.2, 0.25) is 5.02 Å². The van der Waals surface area contributed by atoms with Crippen molar-refractivity contribution in [1.29, 1.82) is 0 Å². The van der Waals surface area contributed by atoms with Gasteiger partial charge in [-0.25, -0.2) is 29.0 Å². The second-order valence-corrected chi connectivity index (χ2v) is 7.91. The summed E-state index contributed by atoms with van der Waals surface area (Å²) in [5, 5.41) is 3.76. The van der Waals surface area contributed by atoms with E-state index in [0.29, 0.717) is 50.2 Å². The molecule has 3 heterocycles. The number of benzene rings is 2. The van der Waals surface area contributed by atoms with Crippen molar-refractivity contribution in [2.75, 3.05) is 10.7 Å². The Morgan fingerprint density at radius 3 is 2.73 bits per heavy atom. The quantitative estimate of drug-likeness (QED) is 0.360. The molecule has 0 aliphatic heterocycles. The van der Waals surface area contributed by atoms with Gasteiger partial charge in [-0.15, -0.1) is 0 Å². The van der Waals surface area contributed by atoms with Crippen LogP contribution in [0.3, 0.4) is 0 Å². The van der Waals surface area contributed by atoms with E-state index in [-0.39, 0.29) is 23.3 Å². The highest BCUT2D eigenvalue weighted by Gasteiger charge is 2.16. The Kier molecular flexibility index (Phi) is 5.14. The maximum atomic E-state index is 13.8. The Hall–Kier alpha value is -4.05. The fourth-order valence-electron chi connectivity index (χ4n) is 3.73. The number of aromatic amines is 1. The van der Waals surface area contributed by atoms with Gasteiger partial charge in [0, 0.05) is 0 Å². The van der Waals surface area contributed by atoms with Crippen molar-refractivity contribution in [3.05, 3.63) is 81.1 Å². The summed E-state index contributed by atoms with van der Waals surface area (Å²) in [6.45, 7) is 3.67. The first kappa shape index (κ1) is 20.8. The molecule has 0 fully saturated rings. The van der Waals surface area contributed by atoms with Crippen molar-refractivity contribution in [3.8, 4) is 0 Å². The van der Waals surface area contributed by atoms with Crippen LogP contribution in [-0.4, -0.2) is 29.6 Å². The molecule has 0 aliphatic rings. The zero-order valence-corrected chi connectivity index (χ0v) is 18.4. The number of halogens is 2. The summed E-state index contributed by atoms with van der Waals surface area (Å²) in [7, 11) is 0. The standard InChI is InChI=1S/C22H18ClFN8O/c1-11-6-13(24)7-12(2)18(11)31-32-16(30-15-5-3-4-14(23)17(15)22(32)33)8-25-20-19-21(27-9-26-19)29-10-28-20/h3-7,9-10,31H,8H2,1-2H3,(H2,25,26,27,28,29). The number of nitrogens with one attached hydrogen (secondary N) is 3. The molecule has 0 unspecified atom stereocenters. The van der Waals surface area contributed by atoms with E-state index in [1.54, 1.807) is 32.0 Å². The minimum atomic E-state index is -0.375. The van der Waals surface area contributed by atoms with E-state index < -0.39 is 0 Å². The lowest BCUT2D eigenvalue weighted by Crippen LogP contribution is -2.32. The Bertz CT molecular complexity index is 1560. The molecule has 0 saturated carbocycles. The number of anilines is 2. The van der Waals surface area contributed by atoms with Gasteiger partial charge in [0.2, 0.25) is 0 Å². The first-order chi connectivity index (χ1) is 15.9. The van der Waals surface area contributed by atoms with Crippen LogP contribution in [0.15, 0.2) is 47.8 Å². The molecule has 3 N–H and O–H groups in total. The van der Waals surface area contributed by atoms with Gasteiger partial charge in [0.15, 0.2) is 17.3 Å². The number of hydrogen-bond donors (Lipinski definition) is 3. The van der Waals surface area contributed by atoms with Gasteiger partial charge in [-0.1, -0.05) is 17.7 Å². The summed E-state index contributed by atoms with van der Waals surface area (Å²) in [6, 6.07) is 7.90. The zero-order valence-electron chi connectivity index (χ0n) is 17.6. The predicted octanol–water partition coefficient (Wildman–Crippen LogP) is 3.96. The van der Waals surface area contributed by atoms with Crippen LogP contribution in [0.1, 0.15) is 17.0 Å². The molecular formula is C22H18ClFN8O. The number of H-pyrrole nitrogens is 1. The van der Waals surface area contributed by atoms with Crippen LogP contribution in [0, 0.1) is 19.7 Å². The largest absolute Gasteiger partial charge is 0.361 e. The lowest BCUT2D eigenvalue weighted by atomic mass is 10.1. The van der Waals surface area contributed by atoms with Crippen molar-refractivity contribution >= 4 is 45.2 Å². The van der Waals surface area contributed by atoms with Gasteiger partial charge in [0.05, 0.1) is 34.5 Å². The van der Waals surface area contributed by atoms with Crippen LogP contribution in [0.5, 0.6) is 0 Å². The topological polar surface area (TPSA) is 113 Å². The van der Waals surface area contributed by atoms with Crippen LogP contribution in [0.4, 0.5) is 15.9 Å². The highest BCUT2D eigenvalue weighted by molar-refractivity contribution is 6.35. The fraction of sp³-hybridized carbons (Fsp3) is 0.136. The number of hydrogen-bond acceptors (Lipinski definition) is 7. The molecule has 0 atom stereocenters. The molecule has 0 saturated heterocycles. The summed E-state index contributed by atoms with van der Waals surface area (Å²) in [5.74, 6) is 0.541. The molecule has 5 aromatic rings. The second-order valence-electron chi connectivity index (χ2n) is 7.51. The molecule has 9 nitrogen and oxygen atoms in total. The minimum Gasteiger partial charge on any atom is -0.361 e. The number of aromatic nitrogens is 6. The van der Waals surface area contributed by atoms with Crippen molar-refractivity contribution < 1.29 is 4.39 Å². The van der Waals surface area contributed by atoms with E-state index in [9.17, 15) is 9.18 Å². The molecule has 3 aromatic heterocycles. The molecule has 5 rings (SSSR count). The van der Waals surface area contributed by atoms with Gasteiger partial charge < -0.3 is 10.3 Å². The summed E-state index contributed by atoms with van der Waals surface area (Å²) in [6.07, 6.45) is 2.92. The lowest BCUT2D eigenvalue weighted by Gasteiger charge is -2.19. The highest BCUT2D eigenvalue weighted by Crippen LogP contribution is 2.24. The van der Waals surface area contributed by atoms with Gasteiger partial charge in [0.1, 0.15) is 17.7 Å². The van der Waals surface area contributed by atoms with Crippen LogP contribution >= 0.6 is 11.6 Å². The Morgan fingerprint density at radius 1 is 1.15 bits per heavy atom. The molecule has 0 amide bonds. The molecular weight excluding hydrogens is 447 g/mol. The van der Waals surface area contributed by atoms with Gasteiger partial charge in [0.25, 0.3) is 5.56 Å². The third kappa shape index (κ3) is 3.74. The van der Waals surface area contributed by atoms with Crippen molar-refractivity contribution in [3.63, 3.8) is 0 Å². The van der Waals surface area contributed by atoms with Gasteiger partial charge in [-0.05, 0) is 49.2 Å². The minimum absolute atomic E-state index is 0.148. The van der Waals surface area contributed by atoms with Gasteiger partial charge >= 0.3 is 0 Å². The SMILES string of the molecule is Cc1cc(F)cc(C)c1Nn1c(CNc2ncnc3nc[nH]c23)nc2cccc(Cl)c2c1=O. The van der Waals surface area contributed by atoms with Crippen molar-refractivity contribution in [1.82, 2.24) is 29.6 Å². The van der Waals surface area contributed by atoms with E-state index in [1.807, 2.05) is 0 Å². The average molecular weight is 465 g/mol. The molecule has 0 bridgehead atoms. The van der Waals surface area contributed by atoms with E-state index in [0.717, 1.165) is 0 Å². The van der Waals surface area contributed by atoms with E-state index in [4.69, 9.17) is 11.6 Å². The predicted molar refractivity (Wildman–Crippen MR) is 125 cm³/mol. The molecule has 2 aromatic carbocycles. The maximum absolute atomic E-state index is 13.8. The molecule has 0 spiro atoms. The average Bonchev–Trinajstić information content (AvgIpc) is 3.25. The van der Waals surface area contributed by atoms with Gasteiger partial charge in [-0.2, -0.15) is 0 Å². The van der Waals surface area contributed by atoms with E-state index in [1.165, 1.54) is 29.5 Å². The maximum Gasteiger partial charge on any atom is 0.281 e. The van der Waals surface area contributed by atoms with Crippen LogP contribution in [-0.2, 0) is 6.54 Å². The number of nitrogens with zero attached hydrogens (tertiary/aromatic N) is 5. The molecule has 0 radical (unpaired) electrons. The van der Waals surface area contributed by atoms with Crippen LogP contribution < -0.4 is 16.3 Å². The summed E-state index contributed by atoms with van der Waals surface area (Å²) in [4.78, 5) is 33.6. The smallest absolute Gasteiger partial charge is 0.281 e. The lowest BCUT2D eigenvalue weighted by molar-refractivity contribution is 0.625. The summed E-state index contributed by atoms with van der Waals surface area (Å²) < 4.78 is 15.1. The van der Waals surface area contributed by atoms with Gasteiger partial charge in [-0.3, -0.25) is 10.2 Å². The Balaban J connectivity index is 1.63. The first-order valence-electron chi connectivity index (χ1n) is 10.0. The van der Waals surface area contributed by atoms with E-state index in [2.05, 4.69) is 35.7 Å². The Morgan fingerprint density at radius 2 is 1.94 bits per heavy atom. The molecule has 0 aliphatic carbocycles. The number of fused-ring (bicyclic) bond motifs is 2. The Labute approximate surface area is 191 Å². The molecule has 33 heavy (non-hydrogen) atoms. The second kappa shape index (κ2) is 8.14. The summed E-state index contributed by atoms with van der Waals surface area (Å²) in [5.41, 5.74) is 6.24. The first-order valence-corrected chi connectivity index (χ1v) is 10.4. The van der Waals surface area contributed by atoms with Crippen molar-refractivity contribution in [2.24, 2.45) is 0 Å². The third-order valence-corrected chi connectivity index (χ3v) is 5.59. The number of rotatable bonds is 5. The normalized spacial score (nSPS) is 11.3.